The first-order valence-corrected chi connectivity index (χ1v) is 12.3. The Morgan fingerprint density at radius 2 is 1.76 bits per heavy atom. The largest absolute Gasteiger partial charge is 0.480 e. The van der Waals surface area contributed by atoms with Gasteiger partial charge in [-0.2, -0.15) is 5.48 Å². The van der Waals surface area contributed by atoms with E-state index in [0.717, 1.165) is 37.0 Å². The average Bonchev–Trinajstić information content (AvgIpc) is 2.84. The van der Waals surface area contributed by atoms with Crippen LogP contribution in [0.2, 0.25) is 0 Å². The summed E-state index contributed by atoms with van der Waals surface area (Å²) in [4.78, 5) is 16.6. The maximum atomic E-state index is 11.0. The molecule has 0 aliphatic heterocycles. The highest BCUT2D eigenvalue weighted by molar-refractivity contribution is 7.13. The number of benzene rings is 2. The molecule has 5 unspecified atom stereocenters. The Morgan fingerprint density at radius 1 is 1.09 bits per heavy atom. The predicted octanol–water partition coefficient (Wildman–Crippen LogP) is 4.64. The van der Waals surface area contributed by atoms with E-state index < -0.39 is 12.0 Å². The maximum Gasteiger partial charge on any atom is 0.320 e. The highest BCUT2D eigenvalue weighted by Crippen LogP contribution is 2.32. The van der Waals surface area contributed by atoms with Crippen LogP contribution in [0.5, 0.6) is 5.75 Å². The van der Waals surface area contributed by atoms with Gasteiger partial charge in [0.25, 0.3) is 0 Å². The molecule has 6 nitrogen and oxygen atoms in total. The van der Waals surface area contributed by atoms with Gasteiger partial charge in [0.1, 0.15) is 11.8 Å². The molecule has 3 rings (SSSR count). The number of allylic oxidation sites excluding steroid dienone is 1. The summed E-state index contributed by atoms with van der Waals surface area (Å²) in [5, 5.41) is 11.7. The van der Waals surface area contributed by atoms with Crippen molar-refractivity contribution in [1.82, 2.24) is 10.6 Å². The van der Waals surface area contributed by atoms with Crippen molar-refractivity contribution in [2.75, 3.05) is 6.54 Å². The van der Waals surface area contributed by atoms with Crippen LogP contribution in [0, 0.1) is 5.92 Å². The van der Waals surface area contributed by atoms with E-state index in [9.17, 15) is 4.79 Å². The lowest BCUT2D eigenvalue weighted by atomic mass is 9.82. The summed E-state index contributed by atoms with van der Waals surface area (Å²) in [6.45, 7) is 2.74. The van der Waals surface area contributed by atoms with Crippen LogP contribution in [0.4, 0.5) is 0 Å². The number of nitrogens with one attached hydrogen (secondary N) is 2. The molecule has 1 aliphatic rings. The summed E-state index contributed by atoms with van der Waals surface area (Å²) >= 11 is 0. The molecular weight excluding hydrogens is 433 g/mol. The number of carboxylic acids is 1. The van der Waals surface area contributed by atoms with Crippen molar-refractivity contribution in [3.05, 3.63) is 66.2 Å². The third-order valence-electron chi connectivity index (χ3n) is 6.31. The molecule has 0 bridgehead atoms. The van der Waals surface area contributed by atoms with E-state index in [0.29, 0.717) is 24.8 Å². The summed E-state index contributed by atoms with van der Waals surface area (Å²) < 4.78 is 0. The number of aliphatic carboxylic acids is 1. The number of nitrogens with two attached hydrogens (primary N) is 1. The van der Waals surface area contributed by atoms with Gasteiger partial charge in [0, 0.05) is 18.5 Å². The lowest BCUT2D eigenvalue weighted by Gasteiger charge is -2.25. The van der Waals surface area contributed by atoms with Gasteiger partial charge in [0.2, 0.25) is 0 Å². The molecule has 1 aliphatic carbocycles. The van der Waals surface area contributed by atoms with Gasteiger partial charge in [-0.05, 0) is 73.8 Å². The first kappa shape index (κ1) is 25.4. The van der Waals surface area contributed by atoms with Gasteiger partial charge in [0.05, 0.1) is 0 Å². The Morgan fingerprint density at radius 3 is 2.30 bits per heavy atom. The Bertz CT molecular complexity index is 900. The van der Waals surface area contributed by atoms with E-state index >= 15 is 0 Å². The number of carboxylic acid groups (broad SMARTS) is 1. The van der Waals surface area contributed by atoms with E-state index in [1.165, 1.54) is 11.1 Å². The van der Waals surface area contributed by atoms with Gasteiger partial charge >= 0.3 is 5.97 Å². The molecule has 178 valence electrons. The van der Waals surface area contributed by atoms with E-state index in [1.807, 2.05) is 12.1 Å². The van der Waals surface area contributed by atoms with E-state index in [1.54, 1.807) is 0 Å². The molecule has 0 fully saturated rings. The predicted molar refractivity (Wildman–Crippen MR) is 137 cm³/mol. The second kappa shape index (κ2) is 12.9. The van der Waals surface area contributed by atoms with E-state index in [-0.39, 0.29) is 6.04 Å². The number of carbonyl (C=O) groups is 1. The Kier molecular flexibility index (Phi) is 9.89. The number of hydroxylamine groups is 1. The second-order valence-corrected chi connectivity index (χ2v) is 9.12. The Balaban J connectivity index is 1.43. The molecule has 5 N–H and O–H groups in total. The number of hydrogen-bond acceptors (Lipinski definition) is 5. The minimum absolute atomic E-state index is 0.223. The molecule has 0 aromatic heterocycles. The van der Waals surface area contributed by atoms with Crippen molar-refractivity contribution in [2.24, 2.45) is 11.7 Å². The highest BCUT2D eigenvalue weighted by Gasteiger charge is 2.19. The van der Waals surface area contributed by atoms with Crippen LogP contribution < -0.4 is 21.1 Å². The monoisotopic (exact) mass is 469 g/mol. The maximum absolute atomic E-state index is 11.0. The first-order valence-electron chi connectivity index (χ1n) is 11.7. The normalized spacial score (nSPS) is 19.7. The summed E-state index contributed by atoms with van der Waals surface area (Å²) in [7, 11) is 2.26. The smallest absolute Gasteiger partial charge is 0.320 e. The molecule has 0 spiro atoms. The van der Waals surface area contributed by atoms with E-state index in [2.05, 4.69) is 75.4 Å². The van der Waals surface area contributed by atoms with Crippen molar-refractivity contribution < 1.29 is 14.7 Å². The number of unbranched alkanes of at least 4 members (excludes halogenated alkanes) is 1. The lowest BCUT2D eigenvalue weighted by Crippen LogP contribution is -2.30. The fraction of sp³-hybridized carbons (Fsp3) is 0.423. The molecule has 0 saturated heterocycles. The quantitative estimate of drug-likeness (QED) is 0.157. The van der Waals surface area contributed by atoms with Crippen LogP contribution in [0.3, 0.4) is 0 Å². The zero-order valence-corrected chi connectivity index (χ0v) is 20.4. The van der Waals surface area contributed by atoms with Crippen molar-refractivity contribution >= 4 is 15.4 Å². The summed E-state index contributed by atoms with van der Waals surface area (Å²) in [6, 6.07) is 16.5. The van der Waals surface area contributed by atoms with Gasteiger partial charge in [-0.15, -0.1) is 0 Å². The molecule has 7 heteroatoms. The Hall–Kier alpha value is -2.24. The van der Waals surface area contributed by atoms with Crippen LogP contribution in [0.1, 0.15) is 50.5 Å². The minimum atomic E-state index is -0.829. The van der Waals surface area contributed by atoms with Crippen molar-refractivity contribution in [1.29, 1.82) is 0 Å². The summed E-state index contributed by atoms with van der Waals surface area (Å²) in [6.07, 6.45) is 9.11. The molecular formula is C26H36N3O3P. The third-order valence-corrected chi connectivity index (χ3v) is 6.72. The van der Waals surface area contributed by atoms with Crippen molar-refractivity contribution in [3.63, 3.8) is 0 Å². The van der Waals surface area contributed by atoms with Crippen LogP contribution in [-0.2, 0) is 4.79 Å². The highest BCUT2D eigenvalue weighted by atomic mass is 31.0. The zero-order chi connectivity index (χ0) is 23.6. The molecule has 2 aromatic rings. The van der Waals surface area contributed by atoms with Gasteiger partial charge in [0.15, 0.2) is 0 Å². The first-order chi connectivity index (χ1) is 16.0. The van der Waals surface area contributed by atoms with Gasteiger partial charge in [-0.25, -0.2) is 0 Å². The van der Waals surface area contributed by atoms with Gasteiger partial charge < -0.3 is 15.7 Å². The SMILES string of the molecule is CC(N)C1C=CC(c2ccc(-c3ccc(ONCCCCC(NP)C(=O)O)cc3)cc2)CC1. The standard InChI is InChI=1S/C26H36N3O3P/c1-18(27)19-5-7-20(8-6-19)21-9-11-22(12-10-21)23-13-15-24(16-14-23)32-28-17-3-2-4-25(29-33)26(30)31/h5,7,9-16,18-20,25,28-29H,2-4,6,8,17,27,33H2,1H3,(H,30,31). The molecule has 0 heterocycles. The minimum Gasteiger partial charge on any atom is -0.480 e. The van der Waals surface area contributed by atoms with Crippen LogP contribution in [0.25, 0.3) is 11.1 Å². The van der Waals surface area contributed by atoms with Crippen LogP contribution in [-0.4, -0.2) is 29.7 Å². The molecule has 0 radical (unpaired) electrons. The van der Waals surface area contributed by atoms with Crippen molar-refractivity contribution in [3.8, 4) is 16.9 Å². The average molecular weight is 470 g/mol. The molecule has 0 saturated carbocycles. The van der Waals surface area contributed by atoms with Crippen LogP contribution in [0.15, 0.2) is 60.7 Å². The topological polar surface area (TPSA) is 96.6 Å². The summed E-state index contributed by atoms with van der Waals surface area (Å²) in [5.41, 5.74) is 12.7. The molecule has 33 heavy (non-hydrogen) atoms. The number of rotatable bonds is 12. The molecule has 2 aromatic carbocycles. The van der Waals surface area contributed by atoms with Gasteiger partial charge in [-0.1, -0.05) is 57.9 Å². The van der Waals surface area contributed by atoms with Gasteiger partial charge in [-0.3, -0.25) is 9.88 Å². The Labute approximate surface area is 199 Å². The third kappa shape index (κ3) is 7.65. The number of hydrogen-bond donors (Lipinski definition) is 4. The van der Waals surface area contributed by atoms with Crippen molar-refractivity contribution in [2.45, 2.75) is 57.0 Å². The fourth-order valence-corrected chi connectivity index (χ4v) is 4.46. The van der Waals surface area contributed by atoms with Crippen LogP contribution >= 0.6 is 9.39 Å². The van der Waals surface area contributed by atoms with E-state index in [4.69, 9.17) is 15.7 Å². The molecule has 5 atom stereocenters. The summed E-state index contributed by atoms with van der Waals surface area (Å²) in [5.74, 6) is 0.895. The lowest BCUT2D eigenvalue weighted by molar-refractivity contribution is -0.139. The second-order valence-electron chi connectivity index (χ2n) is 8.79. The fourth-order valence-electron chi connectivity index (χ4n) is 4.15. The molecule has 0 amide bonds. The zero-order valence-electron chi connectivity index (χ0n) is 19.2.